The highest BCUT2D eigenvalue weighted by molar-refractivity contribution is 5.97. The molecule has 2 amide bonds. The van der Waals surface area contributed by atoms with Gasteiger partial charge in [-0.3, -0.25) is 9.59 Å². The topological polar surface area (TPSA) is 93.2 Å². The molecule has 1 aliphatic rings. The normalized spacial score (nSPS) is 14.5. The summed E-state index contributed by atoms with van der Waals surface area (Å²) in [5.41, 5.74) is 3.67. The second-order valence-corrected chi connectivity index (χ2v) is 7.68. The van der Waals surface area contributed by atoms with E-state index in [1.165, 1.54) is 18.5 Å². The average molecular weight is 434 g/mol. The van der Waals surface area contributed by atoms with Crippen LogP contribution in [0.25, 0.3) is 0 Å². The summed E-state index contributed by atoms with van der Waals surface area (Å²) in [4.78, 5) is 33.3. The Kier molecular flexibility index (Phi) is 6.11. The van der Waals surface area contributed by atoms with E-state index in [0.29, 0.717) is 5.56 Å². The third-order valence-corrected chi connectivity index (χ3v) is 5.54. The molecule has 0 bridgehead atoms. The molecule has 1 unspecified atom stereocenters. The van der Waals surface area contributed by atoms with E-state index in [0.717, 1.165) is 35.3 Å². The van der Waals surface area contributed by atoms with Crippen molar-refractivity contribution < 1.29 is 18.7 Å². The van der Waals surface area contributed by atoms with Crippen LogP contribution < -0.4 is 15.4 Å². The van der Waals surface area contributed by atoms with Crippen molar-refractivity contribution in [3.8, 4) is 5.75 Å². The quantitative estimate of drug-likeness (QED) is 0.621. The van der Waals surface area contributed by atoms with Gasteiger partial charge in [0.05, 0.1) is 13.2 Å². The predicted molar refractivity (Wildman–Crippen MR) is 116 cm³/mol. The Morgan fingerprint density at radius 1 is 1.09 bits per heavy atom. The molecule has 0 radical (unpaired) electrons. The fraction of sp³-hybridized carbons (Fsp3) is 0.250. The van der Waals surface area contributed by atoms with E-state index in [-0.39, 0.29) is 35.7 Å². The summed E-state index contributed by atoms with van der Waals surface area (Å²) in [6, 6.07) is 11.7. The standard InChI is InChI=1S/C24H23FN4O3/c1-14-9-15(3-7-19(14)25)12-26-23(30)21-11-22(28-13-27-21)24(31)29-20-8-4-16-10-17(32-2)5-6-18(16)20/h3,5-7,9-11,13,20H,4,8,12H2,1-2H3,(H,26,30)(H,29,31). The number of nitrogens with one attached hydrogen (secondary N) is 2. The molecular formula is C24H23FN4O3. The molecule has 164 valence electrons. The number of ether oxygens (including phenoxy) is 1. The summed E-state index contributed by atoms with van der Waals surface area (Å²) in [6.45, 7) is 1.88. The molecule has 8 heteroatoms. The van der Waals surface area contributed by atoms with Crippen molar-refractivity contribution in [2.75, 3.05) is 7.11 Å². The van der Waals surface area contributed by atoms with Crippen LogP contribution in [0.3, 0.4) is 0 Å². The summed E-state index contributed by atoms with van der Waals surface area (Å²) in [7, 11) is 1.62. The van der Waals surface area contributed by atoms with Crippen molar-refractivity contribution in [2.45, 2.75) is 32.4 Å². The van der Waals surface area contributed by atoms with E-state index in [2.05, 4.69) is 20.6 Å². The van der Waals surface area contributed by atoms with E-state index in [1.54, 1.807) is 26.2 Å². The summed E-state index contributed by atoms with van der Waals surface area (Å²) in [5, 5.41) is 5.72. The number of carbonyl (C=O) groups excluding carboxylic acids is 2. The number of methoxy groups -OCH3 is 1. The summed E-state index contributed by atoms with van der Waals surface area (Å²) >= 11 is 0. The zero-order chi connectivity index (χ0) is 22.7. The van der Waals surface area contributed by atoms with Gasteiger partial charge in [-0.2, -0.15) is 0 Å². The minimum absolute atomic E-state index is 0.0838. The molecule has 1 aromatic heterocycles. The van der Waals surface area contributed by atoms with Crippen LogP contribution in [-0.4, -0.2) is 28.9 Å². The van der Waals surface area contributed by atoms with Crippen LogP contribution in [0.15, 0.2) is 48.8 Å². The van der Waals surface area contributed by atoms with E-state index < -0.39 is 5.91 Å². The van der Waals surface area contributed by atoms with Gasteiger partial charge in [0.2, 0.25) is 0 Å². The van der Waals surface area contributed by atoms with Crippen LogP contribution in [0, 0.1) is 12.7 Å². The van der Waals surface area contributed by atoms with Crippen LogP contribution in [0.4, 0.5) is 4.39 Å². The first-order valence-corrected chi connectivity index (χ1v) is 10.3. The molecule has 1 atom stereocenters. The number of hydrogen-bond donors (Lipinski definition) is 2. The zero-order valence-corrected chi connectivity index (χ0v) is 17.8. The molecule has 1 heterocycles. The third kappa shape index (κ3) is 4.59. The van der Waals surface area contributed by atoms with Gasteiger partial charge in [0.25, 0.3) is 11.8 Å². The average Bonchev–Trinajstić information content (AvgIpc) is 3.21. The zero-order valence-electron chi connectivity index (χ0n) is 17.8. The molecule has 2 N–H and O–H groups in total. The molecular weight excluding hydrogens is 411 g/mol. The summed E-state index contributed by atoms with van der Waals surface area (Å²) in [5.74, 6) is -0.320. The van der Waals surface area contributed by atoms with Crippen molar-refractivity contribution in [3.63, 3.8) is 0 Å². The Hall–Kier alpha value is -3.81. The first-order chi connectivity index (χ1) is 15.4. The molecule has 32 heavy (non-hydrogen) atoms. The van der Waals surface area contributed by atoms with Gasteiger partial charge in [-0.25, -0.2) is 14.4 Å². The van der Waals surface area contributed by atoms with Crippen LogP contribution in [0.2, 0.25) is 0 Å². The van der Waals surface area contributed by atoms with Gasteiger partial charge in [0.1, 0.15) is 29.3 Å². The molecule has 2 aromatic carbocycles. The molecule has 1 aliphatic carbocycles. The smallest absolute Gasteiger partial charge is 0.270 e. The first kappa shape index (κ1) is 21.4. The van der Waals surface area contributed by atoms with Crippen LogP contribution in [0.5, 0.6) is 5.75 Å². The lowest BCUT2D eigenvalue weighted by molar-refractivity contribution is 0.0931. The van der Waals surface area contributed by atoms with Crippen LogP contribution in [0.1, 0.15) is 55.7 Å². The maximum absolute atomic E-state index is 13.4. The van der Waals surface area contributed by atoms with Gasteiger partial charge in [-0.15, -0.1) is 0 Å². The second-order valence-electron chi connectivity index (χ2n) is 7.68. The SMILES string of the molecule is COc1ccc2c(c1)CCC2NC(=O)c1cc(C(=O)NCc2ccc(F)c(C)c2)ncn1. The number of aryl methyl sites for hydroxylation is 2. The van der Waals surface area contributed by atoms with E-state index >= 15 is 0 Å². The Morgan fingerprint density at radius 3 is 2.62 bits per heavy atom. The lowest BCUT2D eigenvalue weighted by Gasteiger charge is -2.14. The molecule has 0 spiro atoms. The second kappa shape index (κ2) is 9.13. The van der Waals surface area contributed by atoms with Gasteiger partial charge in [0.15, 0.2) is 0 Å². The summed E-state index contributed by atoms with van der Waals surface area (Å²) < 4.78 is 18.7. The Bertz CT molecular complexity index is 1180. The van der Waals surface area contributed by atoms with Crippen molar-refractivity contribution in [2.24, 2.45) is 0 Å². The van der Waals surface area contributed by atoms with E-state index in [1.807, 2.05) is 18.2 Å². The minimum atomic E-state index is -0.443. The highest BCUT2D eigenvalue weighted by atomic mass is 19.1. The van der Waals surface area contributed by atoms with E-state index in [4.69, 9.17) is 4.74 Å². The van der Waals surface area contributed by atoms with Gasteiger partial charge in [-0.05, 0) is 60.2 Å². The fourth-order valence-corrected chi connectivity index (χ4v) is 3.80. The number of rotatable bonds is 6. The largest absolute Gasteiger partial charge is 0.497 e. The molecule has 3 aromatic rings. The highest BCUT2D eigenvalue weighted by Gasteiger charge is 2.25. The molecule has 0 saturated heterocycles. The van der Waals surface area contributed by atoms with Crippen molar-refractivity contribution in [1.29, 1.82) is 0 Å². The number of hydrogen-bond acceptors (Lipinski definition) is 5. The number of carbonyl (C=O) groups is 2. The minimum Gasteiger partial charge on any atom is -0.497 e. The van der Waals surface area contributed by atoms with Crippen molar-refractivity contribution in [1.82, 2.24) is 20.6 Å². The van der Waals surface area contributed by atoms with Gasteiger partial charge < -0.3 is 15.4 Å². The van der Waals surface area contributed by atoms with Gasteiger partial charge in [0, 0.05) is 12.6 Å². The van der Waals surface area contributed by atoms with Crippen molar-refractivity contribution in [3.05, 3.63) is 88.3 Å². The van der Waals surface area contributed by atoms with Crippen LogP contribution in [-0.2, 0) is 13.0 Å². The molecule has 0 fully saturated rings. The third-order valence-electron chi connectivity index (χ3n) is 5.54. The lowest BCUT2D eigenvalue weighted by Crippen LogP contribution is -2.29. The van der Waals surface area contributed by atoms with Gasteiger partial charge in [-0.1, -0.05) is 18.2 Å². The molecule has 4 rings (SSSR count). The lowest BCUT2D eigenvalue weighted by atomic mass is 10.1. The highest BCUT2D eigenvalue weighted by Crippen LogP contribution is 2.33. The number of amides is 2. The van der Waals surface area contributed by atoms with Gasteiger partial charge >= 0.3 is 0 Å². The first-order valence-electron chi connectivity index (χ1n) is 10.3. The van der Waals surface area contributed by atoms with E-state index in [9.17, 15) is 14.0 Å². The maximum Gasteiger partial charge on any atom is 0.270 e. The number of nitrogens with zero attached hydrogens (tertiary/aromatic N) is 2. The number of benzene rings is 2. The fourth-order valence-electron chi connectivity index (χ4n) is 3.80. The summed E-state index contributed by atoms with van der Waals surface area (Å²) in [6.07, 6.45) is 2.82. The molecule has 7 nitrogen and oxygen atoms in total. The van der Waals surface area contributed by atoms with Crippen molar-refractivity contribution >= 4 is 11.8 Å². The number of fused-ring (bicyclic) bond motifs is 1. The predicted octanol–water partition coefficient (Wildman–Crippen LogP) is 3.28. The Balaban J connectivity index is 1.41. The number of aromatic nitrogens is 2. The maximum atomic E-state index is 13.4. The monoisotopic (exact) mass is 434 g/mol. The molecule has 0 saturated carbocycles. The Morgan fingerprint density at radius 2 is 1.88 bits per heavy atom. The Labute approximate surface area is 185 Å². The molecule has 0 aliphatic heterocycles. The number of halogens is 1. The van der Waals surface area contributed by atoms with Crippen LogP contribution >= 0.6 is 0 Å².